The van der Waals surface area contributed by atoms with Crippen LogP contribution >= 0.6 is 11.6 Å². The van der Waals surface area contributed by atoms with Gasteiger partial charge in [0.05, 0.1) is 17.7 Å². The van der Waals surface area contributed by atoms with Crippen LogP contribution in [0.1, 0.15) is 22.8 Å². The zero-order valence-corrected chi connectivity index (χ0v) is 13.5. The molecule has 0 aromatic heterocycles. The third kappa shape index (κ3) is 4.53. The van der Waals surface area contributed by atoms with Gasteiger partial charge in [-0.2, -0.15) is 5.10 Å². The highest BCUT2D eigenvalue weighted by atomic mass is 35.5. The molecule has 0 aliphatic carbocycles. The molecule has 7 nitrogen and oxygen atoms in total. The number of ether oxygens (including phenoxy) is 1. The quantitative estimate of drug-likeness (QED) is 0.492. The van der Waals surface area contributed by atoms with Crippen molar-refractivity contribution in [1.82, 2.24) is 5.43 Å². The van der Waals surface area contributed by atoms with Gasteiger partial charge in [0.25, 0.3) is 11.6 Å². The number of carbonyl (C=O) groups is 1. The van der Waals surface area contributed by atoms with E-state index in [1.807, 2.05) is 6.92 Å². The number of hydrogen-bond donors (Lipinski definition) is 1. The maximum absolute atomic E-state index is 11.9. The molecular weight excluding hydrogens is 334 g/mol. The van der Waals surface area contributed by atoms with Crippen LogP contribution in [0.3, 0.4) is 0 Å². The number of nitrogens with zero attached hydrogens (tertiary/aromatic N) is 2. The third-order valence-electron chi connectivity index (χ3n) is 2.98. The van der Waals surface area contributed by atoms with Crippen LogP contribution in [0, 0.1) is 10.1 Å². The fourth-order valence-electron chi connectivity index (χ4n) is 1.84. The van der Waals surface area contributed by atoms with E-state index in [0.717, 1.165) is 17.4 Å². The number of nitro groups is 1. The minimum atomic E-state index is -0.650. The topological polar surface area (TPSA) is 93.8 Å². The first-order valence-corrected chi connectivity index (χ1v) is 7.39. The molecule has 2 aromatic carbocycles. The lowest BCUT2D eigenvalue weighted by Gasteiger charge is -2.03. The number of hydrazone groups is 1. The lowest BCUT2D eigenvalue weighted by Crippen LogP contribution is -2.17. The molecule has 0 spiro atoms. The lowest BCUT2D eigenvalue weighted by atomic mass is 10.2. The second-order valence-corrected chi connectivity index (χ2v) is 5.03. The third-order valence-corrected chi connectivity index (χ3v) is 3.30. The Kier molecular flexibility index (Phi) is 5.86. The van der Waals surface area contributed by atoms with Gasteiger partial charge in [0.15, 0.2) is 0 Å². The molecule has 2 rings (SSSR count). The summed E-state index contributed by atoms with van der Waals surface area (Å²) in [5.41, 5.74) is 2.83. The smallest absolute Gasteiger partial charge is 0.288 e. The Hall–Kier alpha value is -2.93. The molecule has 0 bridgehead atoms. The number of carbonyl (C=O) groups excluding carboxylic acids is 1. The van der Waals surface area contributed by atoms with Crippen molar-refractivity contribution in [2.45, 2.75) is 6.92 Å². The van der Waals surface area contributed by atoms with Crippen LogP contribution in [0.2, 0.25) is 5.02 Å². The SMILES string of the molecule is CCOc1ccc(C=NNC(=O)c2ccc(Cl)c([N+](=O)[O-])c2)cc1. The van der Waals surface area contributed by atoms with Crippen LogP contribution < -0.4 is 10.2 Å². The van der Waals surface area contributed by atoms with Gasteiger partial charge in [0.1, 0.15) is 10.8 Å². The highest BCUT2D eigenvalue weighted by Gasteiger charge is 2.15. The Morgan fingerprint density at radius 1 is 1.33 bits per heavy atom. The molecule has 0 saturated carbocycles. The van der Waals surface area contributed by atoms with Gasteiger partial charge in [-0.05, 0) is 48.9 Å². The Balaban J connectivity index is 2.02. The van der Waals surface area contributed by atoms with Gasteiger partial charge in [-0.1, -0.05) is 11.6 Å². The number of hydrogen-bond acceptors (Lipinski definition) is 5. The van der Waals surface area contributed by atoms with E-state index in [-0.39, 0.29) is 16.3 Å². The van der Waals surface area contributed by atoms with Crippen LogP contribution in [0.25, 0.3) is 0 Å². The molecule has 0 aliphatic heterocycles. The second kappa shape index (κ2) is 8.07. The van der Waals surface area contributed by atoms with E-state index in [0.29, 0.717) is 6.61 Å². The van der Waals surface area contributed by atoms with E-state index in [1.165, 1.54) is 18.3 Å². The molecular formula is C16H14ClN3O4. The normalized spacial score (nSPS) is 10.6. The molecule has 0 saturated heterocycles. The van der Waals surface area contributed by atoms with E-state index in [9.17, 15) is 14.9 Å². The van der Waals surface area contributed by atoms with Crippen molar-refractivity contribution in [3.05, 3.63) is 68.7 Å². The molecule has 1 N–H and O–H groups in total. The Bertz CT molecular complexity index is 775. The first-order chi connectivity index (χ1) is 11.5. The predicted molar refractivity (Wildman–Crippen MR) is 90.8 cm³/mol. The molecule has 0 aliphatic rings. The van der Waals surface area contributed by atoms with Gasteiger partial charge in [0, 0.05) is 11.6 Å². The molecule has 0 unspecified atom stereocenters. The van der Waals surface area contributed by atoms with Gasteiger partial charge < -0.3 is 4.74 Å². The van der Waals surface area contributed by atoms with Crippen LogP contribution in [-0.2, 0) is 0 Å². The van der Waals surface area contributed by atoms with Crippen molar-refractivity contribution in [3.63, 3.8) is 0 Å². The standard InChI is InChI=1S/C16H14ClN3O4/c1-2-24-13-6-3-11(4-7-13)10-18-19-16(21)12-5-8-14(17)15(9-12)20(22)23/h3-10H,2H2,1H3,(H,19,21). The first-order valence-electron chi connectivity index (χ1n) is 7.01. The maximum atomic E-state index is 11.9. The van der Waals surface area contributed by atoms with E-state index in [4.69, 9.17) is 16.3 Å². The average molecular weight is 348 g/mol. The van der Waals surface area contributed by atoms with Crippen LogP contribution in [0.15, 0.2) is 47.6 Å². The Morgan fingerprint density at radius 2 is 2.04 bits per heavy atom. The van der Waals surface area contributed by atoms with Gasteiger partial charge in [-0.25, -0.2) is 5.43 Å². The minimum Gasteiger partial charge on any atom is -0.494 e. The summed E-state index contributed by atoms with van der Waals surface area (Å²) in [5, 5.41) is 14.6. The van der Waals surface area contributed by atoms with Gasteiger partial charge in [0.2, 0.25) is 0 Å². The Morgan fingerprint density at radius 3 is 2.67 bits per heavy atom. The zero-order valence-electron chi connectivity index (χ0n) is 12.7. The molecule has 0 radical (unpaired) electrons. The number of halogens is 1. The molecule has 1 amide bonds. The monoisotopic (exact) mass is 347 g/mol. The fraction of sp³-hybridized carbons (Fsp3) is 0.125. The summed E-state index contributed by atoms with van der Waals surface area (Å²) in [6.45, 7) is 2.47. The summed E-state index contributed by atoms with van der Waals surface area (Å²) < 4.78 is 5.32. The number of benzene rings is 2. The molecule has 0 heterocycles. The molecule has 124 valence electrons. The summed E-state index contributed by atoms with van der Waals surface area (Å²) in [5.74, 6) is 0.170. The van der Waals surface area contributed by atoms with Gasteiger partial charge >= 0.3 is 0 Å². The zero-order chi connectivity index (χ0) is 17.5. The molecule has 8 heteroatoms. The highest BCUT2D eigenvalue weighted by molar-refractivity contribution is 6.32. The van der Waals surface area contributed by atoms with E-state index in [1.54, 1.807) is 24.3 Å². The summed E-state index contributed by atoms with van der Waals surface area (Å²) in [6.07, 6.45) is 1.46. The number of nitrogens with one attached hydrogen (secondary N) is 1. The Labute approximate surface area is 143 Å². The second-order valence-electron chi connectivity index (χ2n) is 4.62. The van der Waals surface area contributed by atoms with Crippen molar-refractivity contribution in [2.75, 3.05) is 6.61 Å². The first kappa shape index (κ1) is 17.4. The van der Waals surface area contributed by atoms with Crippen LogP contribution in [0.5, 0.6) is 5.75 Å². The van der Waals surface area contributed by atoms with Crippen molar-refractivity contribution in [2.24, 2.45) is 5.10 Å². The summed E-state index contributed by atoms with van der Waals surface area (Å²) in [4.78, 5) is 22.1. The highest BCUT2D eigenvalue weighted by Crippen LogP contribution is 2.24. The summed E-state index contributed by atoms with van der Waals surface area (Å²) in [6, 6.07) is 10.9. The minimum absolute atomic E-state index is 0.0329. The molecule has 0 atom stereocenters. The molecule has 2 aromatic rings. The number of rotatable bonds is 6. The van der Waals surface area contributed by atoms with E-state index in [2.05, 4.69) is 10.5 Å². The van der Waals surface area contributed by atoms with Crippen molar-refractivity contribution in [1.29, 1.82) is 0 Å². The number of amides is 1. The fourth-order valence-corrected chi connectivity index (χ4v) is 2.03. The summed E-state index contributed by atoms with van der Waals surface area (Å²) >= 11 is 5.70. The molecule has 24 heavy (non-hydrogen) atoms. The van der Waals surface area contributed by atoms with Crippen LogP contribution in [-0.4, -0.2) is 23.7 Å². The largest absolute Gasteiger partial charge is 0.494 e. The van der Waals surface area contributed by atoms with Crippen molar-refractivity contribution in [3.8, 4) is 5.75 Å². The maximum Gasteiger partial charge on any atom is 0.288 e. The van der Waals surface area contributed by atoms with Gasteiger partial charge in [-0.15, -0.1) is 0 Å². The van der Waals surface area contributed by atoms with Gasteiger partial charge in [-0.3, -0.25) is 14.9 Å². The lowest BCUT2D eigenvalue weighted by molar-refractivity contribution is -0.384. The summed E-state index contributed by atoms with van der Waals surface area (Å²) in [7, 11) is 0. The number of nitro benzene ring substituents is 1. The van der Waals surface area contributed by atoms with E-state index >= 15 is 0 Å². The van der Waals surface area contributed by atoms with Crippen molar-refractivity contribution >= 4 is 29.4 Å². The van der Waals surface area contributed by atoms with Crippen molar-refractivity contribution < 1.29 is 14.5 Å². The average Bonchev–Trinajstić information content (AvgIpc) is 2.56. The molecule has 0 fully saturated rings. The predicted octanol–water partition coefficient (Wildman–Crippen LogP) is 3.41. The van der Waals surface area contributed by atoms with Crippen LogP contribution in [0.4, 0.5) is 5.69 Å². The van der Waals surface area contributed by atoms with E-state index < -0.39 is 10.8 Å².